The molecule has 5 nitrogen and oxygen atoms in total. The highest BCUT2D eigenvalue weighted by molar-refractivity contribution is 5.94. The Hall–Kier alpha value is -3.47. The summed E-state index contributed by atoms with van der Waals surface area (Å²) in [6.45, 7) is 2.30. The van der Waals surface area contributed by atoms with Crippen LogP contribution >= 0.6 is 0 Å². The highest BCUT2D eigenvalue weighted by atomic mass is 16.5. The fourth-order valence-electron chi connectivity index (χ4n) is 3.29. The zero-order valence-corrected chi connectivity index (χ0v) is 18.3. The van der Waals surface area contributed by atoms with Gasteiger partial charge in [0.1, 0.15) is 23.9 Å². The molecule has 1 amide bonds. The summed E-state index contributed by atoms with van der Waals surface area (Å²) in [4.78, 5) is 12.8. The third-order valence-corrected chi connectivity index (χ3v) is 5.06. The minimum atomic E-state index is -0.106. The molecule has 0 heterocycles. The maximum Gasteiger partial charge on any atom is 0.251 e. The largest absolute Gasteiger partial charge is 0.497 e. The normalized spacial score (nSPS) is 11.5. The second-order valence-electron chi connectivity index (χ2n) is 7.39. The van der Waals surface area contributed by atoms with Crippen molar-refractivity contribution in [1.82, 2.24) is 5.32 Å². The van der Waals surface area contributed by atoms with Gasteiger partial charge in [0.15, 0.2) is 0 Å². The molecule has 0 aliphatic carbocycles. The van der Waals surface area contributed by atoms with E-state index in [1.54, 1.807) is 26.4 Å². The molecule has 162 valence electrons. The van der Waals surface area contributed by atoms with E-state index in [9.17, 15) is 4.79 Å². The number of carbonyl (C=O) groups is 1. The highest BCUT2D eigenvalue weighted by Gasteiger charge is 2.13. The summed E-state index contributed by atoms with van der Waals surface area (Å²) in [6, 6.07) is 23.1. The van der Waals surface area contributed by atoms with Crippen molar-refractivity contribution in [3.8, 4) is 17.2 Å². The average molecular weight is 420 g/mol. The molecule has 0 aromatic heterocycles. The molecule has 0 saturated heterocycles. The third-order valence-electron chi connectivity index (χ3n) is 5.06. The van der Waals surface area contributed by atoms with E-state index in [4.69, 9.17) is 14.2 Å². The molecule has 0 spiro atoms. The lowest BCUT2D eigenvalue weighted by atomic mass is 10.1. The topological polar surface area (TPSA) is 56.8 Å². The molecule has 3 rings (SSSR count). The highest BCUT2D eigenvalue weighted by Crippen LogP contribution is 2.24. The van der Waals surface area contributed by atoms with Gasteiger partial charge in [-0.3, -0.25) is 4.79 Å². The van der Waals surface area contributed by atoms with E-state index >= 15 is 0 Å². The first kappa shape index (κ1) is 22.2. The summed E-state index contributed by atoms with van der Waals surface area (Å²) >= 11 is 0. The molecule has 1 N–H and O–H groups in total. The van der Waals surface area contributed by atoms with Crippen molar-refractivity contribution in [3.63, 3.8) is 0 Å². The van der Waals surface area contributed by atoms with E-state index in [2.05, 4.69) is 17.4 Å². The van der Waals surface area contributed by atoms with Crippen LogP contribution in [0.5, 0.6) is 17.2 Å². The fraction of sp³-hybridized carbons (Fsp3) is 0.269. The fourth-order valence-corrected chi connectivity index (χ4v) is 3.29. The number of amides is 1. The zero-order chi connectivity index (χ0) is 22.1. The van der Waals surface area contributed by atoms with E-state index in [0.717, 1.165) is 24.2 Å². The molecule has 31 heavy (non-hydrogen) atoms. The number of hydrogen-bond acceptors (Lipinski definition) is 4. The molecule has 5 heteroatoms. The molecule has 0 radical (unpaired) electrons. The van der Waals surface area contributed by atoms with Crippen molar-refractivity contribution < 1.29 is 19.0 Å². The first-order valence-corrected chi connectivity index (χ1v) is 10.4. The van der Waals surface area contributed by atoms with Crippen LogP contribution in [0, 0.1) is 0 Å². The van der Waals surface area contributed by atoms with Gasteiger partial charge in [0.05, 0.1) is 14.2 Å². The van der Waals surface area contributed by atoms with Gasteiger partial charge in [-0.25, -0.2) is 0 Å². The van der Waals surface area contributed by atoms with Crippen molar-refractivity contribution in [2.24, 2.45) is 0 Å². The zero-order valence-electron chi connectivity index (χ0n) is 18.3. The third kappa shape index (κ3) is 6.51. The van der Waals surface area contributed by atoms with Crippen molar-refractivity contribution in [2.75, 3.05) is 14.2 Å². The first-order valence-electron chi connectivity index (χ1n) is 10.4. The lowest BCUT2D eigenvalue weighted by Crippen LogP contribution is -2.33. The van der Waals surface area contributed by atoms with Crippen molar-refractivity contribution in [2.45, 2.75) is 32.4 Å². The maximum absolute atomic E-state index is 12.8. The van der Waals surface area contributed by atoms with Crippen LogP contribution in [0.25, 0.3) is 0 Å². The smallest absolute Gasteiger partial charge is 0.251 e. The number of hydrogen-bond donors (Lipinski definition) is 1. The van der Waals surface area contributed by atoms with E-state index in [0.29, 0.717) is 17.1 Å². The summed E-state index contributed by atoms with van der Waals surface area (Å²) in [7, 11) is 3.22. The number of ether oxygens (including phenoxy) is 3. The number of rotatable bonds is 10. The Morgan fingerprint density at radius 2 is 1.68 bits per heavy atom. The summed E-state index contributed by atoms with van der Waals surface area (Å²) in [5, 5.41) is 3.08. The van der Waals surface area contributed by atoms with Crippen LogP contribution in [-0.4, -0.2) is 26.2 Å². The summed E-state index contributed by atoms with van der Waals surface area (Å²) in [5.74, 6) is 1.98. The molecule has 3 aromatic carbocycles. The molecular formula is C26H29NO4. The quantitative estimate of drug-likeness (QED) is 0.501. The van der Waals surface area contributed by atoms with Crippen LogP contribution in [0.1, 0.15) is 34.8 Å². The first-order chi connectivity index (χ1) is 15.1. The summed E-state index contributed by atoms with van der Waals surface area (Å²) in [5.41, 5.74) is 2.65. The van der Waals surface area contributed by atoms with Crippen LogP contribution < -0.4 is 19.5 Å². The van der Waals surface area contributed by atoms with Crippen LogP contribution in [0.3, 0.4) is 0 Å². The molecule has 0 aliphatic heterocycles. The van der Waals surface area contributed by atoms with Crippen molar-refractivity contribution in [3.05, 3.63) is 89.5 Å². The molecule has 0 aliphatic rings. The van der Waals surface area contributed by atoms with Gasteiger partial charge in [-0.2, -0.15) is 0 Å². The van der Waals surface area contributed by atoms with Gasteiger partial charge in [-0.15, -0.1) is 0 Å². The van der Waals surface area contributed by atoms with Crippen LogP contribution in [0.4, 0.5) is 0 Å². The monoisotopic (exact) mass is 419 g/mol. The molecule has 1 atom stereocenters. The van der Waals surface area contributed by atoms with Crippen molar-refractivity contribution >= 4 is 5.91 Å². The average Bonchev–Trinajstić information content (AvgIpc) is 2.82. The summed E-state index contributed by atoms with van der Waals surface area (Å²) in [6.07, 6.45) is 1.79. The number of benzene rings is 3. The van der Waals surface area contributed by atoms with E-state index in [1.807, 2.05) is 55.5 Å². The van der Waals surface area contributed by atoms with E-state index in [-0.39, 0.29) is 18.6 Å². The minimum Gasteiger partial charge on any atom is -0.497 e. The van der Waals surface area contributed by atoms with Gasteiger partial charge in [-0.05, 0) is 55.7 Å². The van der Waals surface area contributed by atoms with Crippen LogP contribution in [0.15, 0.2) is 72.8 Å². The molecule has 0 unspecified atom stereocenters. The second kappa shape index (κ2) is 11.1. The second-order valence-corrected chi connectivity index (χ2v) is 7.39. The lowest BCUT2D eigenvalue weighted by Gasteiger charge is -2.16. The number of aryl methyl sites for hydroxylation is 1. The Morgan fingerprint density at radius 1 is 0.903 bits per heavy atom. The van der Waals surface area contributed by atoms with Gasteiger partial charge < -0.3 is 19.5 Å². The van der Waals surface area contributed by atoms with Gasteiger partial charge in [0.2, 0.25) is 0 Å². The molecule has 0 saturated carbocycles. The Morgan fingerprint density at radius 3 is 2.42 bits per heavy atom. The molecule has 3 aromatic rings. The number of carbonyl (C=O) groups excluding carboxylic acids is 1. The SMILES string of the molecule is COc1cccc(OCc2cc(C(=O)N[C@H](C)CCc3ccccc3)ccc2OC)c1. The van der Waals surface area contributed by atoms with Gasteiger partial charge >= 0.3 is 0 Å². The molecule has 0 fully saturated rings. The molecule has 0 bridgehead atoms. The van der Waals surface area contributed by atoms with E-state index < -0.39 is 0 Å². The minimum absolute atomic E-state index is 0.0614. The van der Waals surface area contributed by atoms with Crippen LogP contribution in [-0.2, 0) is 13.0 Å². The summed E-state index contributed by atoms with van der Waals surface area (Å²) < 4.78 is 16.6. The molecular weight excluding hydrogens is 390 g/mol. The van der Waals surface area contributed by atoms with Gasteiger partial charge in [0, 0.05) is 23.2 Å². The predicted molar refractivity (Wildman–Crippen MR) is 122 cm³/mol. The Bertz CT molecular complexity index is 988. The van der Waals surface area contributed by atoms with Gasteiger partial charge in [0.25, 0.3) is 5.91 Å². The standard InChI is InChI=1S/C26H29NO4/c1-19(12-13-20-8-5-4-6-9-20)27-26(28)21-14-15-25(30-3)22(16-21)18-31-24-11-7-10-23(17-24)29-2/h4-11,14-17,19H,12-13,18H2,1-3H3,(H,27,28)/t19-/m1/s1. The van der Waals surface area contributed by atoms with Crippen molar-refractivity contribution in [1.29, 1.82) is 0 Å². The lowest BCUT2D eigenvalue weighted by molar-refractivity contribution is 0.0938. The number of nitrogens with one attached hydrogen (secondary N) is 1. The Kier molecular flexibility index (Phi) is 7.93. The van der Waals surface area contributed by atoms with Crippen LogP contribution in [0.2, 0.25) is 0 Å². The van der Waals surface area contributed by atoms with E-state index in [1.165, 1.54) is 5.56 Å². The maximum atomic E-state index is 12.8. The predicted octanol–water partition coefficient (Wildman–Crippen LogP) is 5.03. The van der Waals surface area contributed by atoms with Gasteiger partial charge in [-0.1, -0.05) is 36.4 Å². The Balaban J connectivity index is 1.62. The Labute approximate surface area is 184 Å². The number of methoxy groups -OCH3 is 2.